The standard InChI is InChI=1S/C27H36F2N4O3/c1-36-16-15-33-23-7-6-20(25(34)32-12-4-5-22(32)19-30-10-2-3-11-30)17-21(23)18-24(33)26(35)31-13-8-27(28,29)9-14-31/h6-7,17-18,22H,2-5,8-16,19H2,1H3. The van der Waals surface area contributed by atoms with E-state index in [9.17, 15) is 18.4 Å². The maximum absolute atomic E-state index is 13.6. The summed E-state index contributed by atoms with van der Waals surface area (Å²) in [6, 6.07) is 7.64. The van der Waals surface area contributed by atoms with Crippen LogP contribution < -0.4 is 0 Å². The monoisotopic (exact) mass is 502 g/mol. The highest BCUT2D eigenvalue weighted by Gasteiger charge is 2.37. The summed E-state index contributed by atoms with van der Waals surface area (Å²) in [5.74, 6) is -2.93. The molecule has 36 heavy (non-hydrogen) atoms. The van der Waals surface area contributed by atoms with Gasteiger partial charge in [0, 0.05) is 75.2 Å². The highest BCUT2D eigenvalue weighted by atomic mass is 19.3. The number of ether oxygens (including phenoxy) is 1. The molecule has 1 atom stereocenters. The number of benzene rings is 1. The van der Waals surface area contributed by atoms with Crippen LogP contribution >= 0.6 is 0 Å². The van der Waals surface area contributed by atoms with Gasteiger partial charge in [-0.25, -0.2) is 8.78 Å². The van der Waals surface area contributed by atoms with E-state index >= 15 is 0 Å². The number of halogens is 2. The van der Waals surface area contributed by atoms with Crippen molar-refractivity contribution in [3.63, 3.8) is 0 Å². The molecule has 0 bridgehead atoms. The fourth-order valence-electron chi connectivity index (χ4n) is 5.93. The van der Waals surface area contributed by atoms with Crippen LogP contribution in [0.5, 0.6) is 0 Å². The van der Waals surface area contributed by atoms with Gasteiger partial charge in [0.1, 0.15) is 5.69 Å². The molecule has 3 fully saturated rings. The molecule has 7 nitrogen and oxygen atoms in total. The third-order valence-corrected chi connectivity index (χ3v) is 7.97. The Bertz CT molecular complexity index is 1100. The number of alkyl halides is 2. The lowest BCUT2D eigenvalue weighted by atomic mass is 10.1. The highest BCUT2D eigenvalue weighted by Crippen LogP contribution is 2.30. The molecule has 196 valence electrons. The lowest BCUT2D eigenvalue weighted by Crippen LogP contribution is -2.43. The van der Waals surface area contributed by atoms with Gasteiger partial charge in [-0.1, -0.05) is 0 Å². The van der Waals surface area contributed by atoms with Crippen molar-refractivity contribution in [2.45, 2.75) is 57.0 Å². The molecule has 3 aliphatic heterocycles. The normalized spacial score (nSPS) is 22.6. The van der Waals surface area contributed by atoms with E-state index in [0.29, 0.717) is 24.4 Å². The van der Waals surface area contributed by atoms with Gasteiger partial charge in [-0.05, 0) is 63.0 Å². The van der Waals surface area contributed by atoms with Gasteiger partial charge < -0.3 is 24.0 Å². The zero-order chi connectivity index (χ0) is 25.3. The average Bonchev–Trinajstić information content (AvgIpc) is 3.62. The SMILES string of the molecule is COCCn1c(C(=O)N2CCC(F)(F)CC2)cc2cc(C(=O)N3CCCC3CN3CCCC3)ccc21. The number of carbonyl (C=O) groups is 2. The zero-order valence-electron chi connectivity index (χ0n) is 21.1. The second-order valence-electron chi connectivity index (χ2n) is 10.4. The molecule has 2 amide bonds. The summed E-state index contributed by atoms with van der Waals surface area (Å²) in [5.41, 5.74) is 1.91. The van der Waals surface area contributed by atoms with E-state index in [1.807, 2.05) is 27.7 Å². The Kier molecular flexibility index (Phi) is 7.30. The summed E-state index contributed by atoms with van der Waals surface area (Å²) < 4.78 is 34.4. The second kappa shape index (κ2) is 10.5. The van der Waals surface area contributed by atoms with Crippen molar-refractivity contribution in [3.8, 4) is 0 Å². The summed E-state index contributed by atoms with van der Waals surface area (Å²) in [5, 5.41) is 0.804. The molecule has 3 saturated heterocycles. The summed E-state index contributed by atoms with van der Waals surface area (Å²) in [6.07, 6.45) is 3.89. The molecule has 0 spiro atoms. The molecular formula is C27H36F2N4O3. The van der Waals surface area contributed by atoms with Gasteiger partial charge in [0.05, 0.1) is 6.61 Å². The van der Waals surface area contributed by atoms with Gasteiger partial charge >= 0.3 is 0 Å². The number of hydrogen-bond acceptors (Lipinski definition) is 4. The van der Waals surface area contributed by atoms with Crippen molar-refractivity contribution < 1.29 is 23.1 Å². The second-order valence-corrected chi connectivity index (χ2v) is 10.4. The van der Waals surface area contributed by atoms with E-state index in [1.165, 1.54) is 17.7 Å². The minimum atomic E-state index is -2.71. The van der Waals surface area contributed by atoms with E-state index in [1.54, 1.807) is 13.2 Å². The van der Waals surface area contributed by atoms with Crippen molar-refractivity contribution >= 4 is 22.7 Å². The number of aromatic nitrogens is 1. The smallest absolute Gasteiger partial charge is 0.270 e. The molecule has 1 unspecified atom stereocenters. The first-order chi connectivity index (χ1) is 17.4. The van der Waals surface area contributed by atoms with Crippen LogP contribution in [0.15, 0.2) is 24.3 Å². The Hall–Kier alpha value is -2.52. The van der Waals surface area contributed by atoms with Crippen LogP contribution in [0.1, 0.15) is 59.4 Å². The van der Waals surface area contributed by atoms with E-state index in [4.69, 9.17) is 4.74 Å². The van der Waals surface area contributed by atoms with Crippen molar-refractivity contribution in [2.24, 2.45) is 0 Å². The molecule has 9 heteroatoms. The van der Waals surface area contributed by atoms with Crippen LogP contribution in [0.25, 0.3) is 10.9 Å². The molecule has 1 aromatic heterocycles. The molecule has 1 aromatic carbocycles. The molecule has 2 aromatic rings. The molecule has 0 saturated carbocycles. The number of nitrogens with zero attached hydrogens (tertiary/aromatic N) is 4. The predicted octanol–water partition coefficient (Wildman–Crippen LogP) is 3.86. The van der Waals surface area contributed by atoms with Gasteiger partial charge in [0.25, 0.3) is 17.7 Å². The van der Waals surface area contributed by atoms with Crippen molar-refractivity contribution in [1.29, 1.82) is 0 Å². The maximum Gasteiger partial charge on any atom is 0.270 e. The van der Waals surface area contributed by atoms with Crippen molar-refractivity contribution in [2.75, 3.05) is 53.0 Å². The first-order valence-corrected chi connectivity index (χ1v) is 13.2. The quantitative estimate of drug-likeness (QED) is 0.577. The highest BCUT2D eigenvalue weighted by molar-refractivity contribution is 6.02. The third kappa shape index (κ3) is 5.13. The lowest BCUT2D eigenvalue weighted by molar-refractivity contribution is -0.0495. The number of amides is 2. The number of hydrogen-bond donors (Lipinski definition) is 0. The number of likely N-dealkylation sites (tertiary alicyclic amines) is 3. The van der Waals surface area contributed by atoms with Crippen LogP contribution in [-0.2, 0) is 11.3 Å². The van der Waals surface area contributed by atoms with Crippen LogP contribution in [0.4, 0.5) is 8.78 Å². The van der Waals surface area contributed by atoms with Crippen LogP contribution in [0.2, 0.25) is 0 Å². The number of carbonyl (C=O) groups excluding carboxylic acids is 2. The predicted molar refractivity (Wildman–Crippen MR) is 134 cm³/mol. The summed E-state index contributed by atoms with van der Waals surface area (Å²) in [6.45, 7) is 4.89. The van der Waals surface area contributed by atoms with Crippen molar-refractivity contribution in [3.05, 3.63) is 35.5 Å². The summed E-state index contributed by atoms with van der Waals surface area (Å²) in [4.78, 5) is 32.8. The van der Waals surface area contributed by atoms with Gasteiger partial charge in [-0.3, -0.25) is 9.59 Å². The van der Waals surface area contributed by atoms with Gasteiger partial charge in [0.2, 0.25) is 0 Å². The fraction of sp³-hybridized carbons (Fsp3) is 0.630. The van der Waals surface area contributed by atoms with E-state index in [2.05, 4.69) is 4.90 Å². The number of piperidine rings is 1. The topological polar surface area (TPSA) is 58.0 Å². The molecule has 0 radical (unpaired) electrons. The van der Waals surface area contributed by atoms with Crippen LogP contribution in [-0.4, -0.2) is 96.0 Å². The number of rotatable bonds is 7. The maximum atomic E-state index is 13.6. The van der Waals surface area contributed by atoms with Gasteiger partial charge in [-0.15, -0.1) is 0 Å². The lowest BCUT2D eigenvalue weighted by Gasteiger charge is -2.32. The molecular weight excluding hydrogens is 466 g/mol. The van der Waals surface area contributed by atoms with E-state index < -0.39 is 5.92 Å². The minimum Gasteiger partial charge on any atom is -0.383 e. The number of methoxy groups -OCH3 is 1. The largest absolute Gasteiger partial charge is 0.383 e. The molecule has 0 N–H and O–H groups in total. The molecule has 3 aliphatic rings. The fourth-order valence-corrected chi connectivity index (χ4v) is 5.93. The van der Waals surface area contributed by atoms with E-state index in [0.717, 1.165) is 49.9 Å². The van der Waals surface area contributed by atoms with Gasteiger partial charge in [0.15, 0.2) is 0 Å². The summed E-state index contributed by atoms with van der Waals surface area (Å²) >= 11 is 0. The van der Waals surface area contributed by atoms with Crippen LogP contribution in [0, 0.1) is 0 Å². The average molecular weight is 503 g/mol. The Labute approximate surface area is 210 Å². The Morgan fingerprint density at radius 2 is 1.75 bits per heavy atom. The Morgan fingerprint density at radius 3 is 2.47 bits per heavy atom. The Morgan fingerprint density at radius 1 is 1.00 bits per heavy atom. The Balaban J connectivity index is 1.39. The molecule has 4 heterocycles. The first-order valence-electron chi connectivity index (χ1n) is 13.2. The zero-order valence-corrected chi connectivity index (χ0v) is 21.1. The van der Waals surface area contributed by atoms with Crippen molar-refractivity contribution in [1.82, 2.24) is 19.3 Å². The van der Waals surface area contributed by atoms with Crippen LogP contribution in [0.3, 0.4) is 0 Å². The first kappa shape index (κ1) is 25.1. The molecule has 0 aliphatic carbocycles. The molecule has 5 rings (SSSR count). The third-order valence-electron chi connectivity index (χ3n) is 7.97. The number of fused-ring (bicyclic) bond motifs is 1. The van der Waals surface area contributed by atoms with E-state index in [-0.39, 0.29) is 43.8 Å². The van der Waals surface area contributed by atoms with Gasteiger partial charge in [-0.2, -0.15) is 0 Å². The summed E-state index contributed by atoms with van der Waals surface area (Å²) in [7, 11) is 1.60. The minimum absolute atomic E-state index is 0.0364.